The van der Waals surface area contributed by atoms with Crippen LogP contribution in [0.1, 0.15) is 5.69 Å². The molecule has 2 rings (SSSR count). The van der Waals surface area contributed by atoms with Crippen molar-refractivity contribution in [2.24, 2.45) is 0 Å². The van der Waals surface area contributed by atoms with E-state index in [2.05, 4.69) is 4.98 Å². The second-order valence-electron chi connectivity index (χ2n) is 3.44. The maximum absolute atomic E-state index is 12.1. The van der Waals surface area contributed by atoms with Gasteiger partial charge in [0.05, 0.1) is 5.69 Å². The van der Waals surface area contributed by atoms with Crippen molar-refractivity contribution < 1.29 is 18.0 Å². The van der Waals surface area contributed by atoms with Crippen LogP contribution in [0.2, 0.25) is 0 Å². The van der Waals surface area contributed by atoms with Gasteiger partial charge in [0, 0.05) is 18.1 Å². The monoisotopic (exact) mass is 243 g/mol. The average molecular weight is 243 g/mol. The molecule has 4 nitrogen and oxygen atoms in total. The number of nitrogens with one attached hydrogen (secondary N) is 1. The van der Waals surface area contributed by atoms with Crippen molar-refractivity contribution in [2.75, 3.05) is 5.32 Å². The van der Waals surface area contributed by atoms with Crippen LogP contribution in [0, 0.1) is 6.92 Å². The molecule has 0 fully saturated rings. The molecule has 1 amide bonds. The van der Waals surface area contributed by atoms with Crippen LogP contribution in [-0.2, 0) is 4.79 Å². The number of carbonyl (C=O) groups excluding carboxylic acids is 1. The maximum Gasteiger partial charge on any atom is 0.471 e. The van der Waals surface area contributed by atoms with E-state index in [1.807, 2.05) is 5.32 Å². The number of aryl methyl sites for hydroxylation is 1. The lowest BCUT2D eigenvalue weighted by Gasteiger charge is -2.11. The second-order valence-corrected chi connectivity index (χ2v) is 3.44. The topological polar surface area (TPSA) is 46.4 Å². The Morgan fingerprint density at radius 1 is 1.41 bits per heavy atom. The zero-order valence-electron chi connectivity index (χ0n) is 8.75. The molecule has 0 aromatic carbocycles. The summed E-state index contributed by atoms with van der Waals surface area (Å²) in [6.07, 6.45) is -1.76. The van der Waals surface area contributed by atoms with Crippen molar-refractivity contribution in [3.05, 3.63) is 30.2 Å². The number of halogens is 3. The Bertz CT molecular complexity index is 574. The van der Waals surface area contributed by atoms with Crippen LogP contribution in [0.5, 0.6) is 0 Å². The molecule has 0 saturated carbocycles. The third-order valence-electron chi connectivity index (χ3n) is 2.33. The molecule has 2 heterocycles. The van der Waals surface area contributed by atoms with E-state index in [1.54, 1.807) is 17.5 Å². The highest BCUT2D eigenvalue weighted by atomic mass is 19.4. The molecule has 0 spiro atoms. The van der Waals surface area contributed by atoms with Gasteiger partial charge >= 0.3 is 12.1 Å². The van der Waals surface area contributed by atoms with Gasteiger partial charge in [-0.15, -0.1) is 0 Å². The fourth-order valence-electron chi connectivity index (χ4n) is 1.46. The molecule has 7 heteroatoms. The third kappa shape index (κ3) is 2.08. The Morgan fingerprint density at radius 2 is 2.12 bits per heavy atom. The predicted molar refractivity (Wildman–Crippen MR) is 54.6 cm³/mol. The molecule has 0 aliphatic rings. The Hall–Kier alpha value is -2.05. The van der Waals surface area contributed by atoms with Gasteiger partial charge in [-0.05, 0) is 19.1 Å². The van der Waals surface area contributed by atoms with Gasteiger partial charge in [0.1, 0.15) is 5.65 Å². The van der Waals surface area contributed by atoms with Gasteiger partial charge < -0.3 is 9.72 Å². The predicted octanol–water partition coefficient (Wildman–Crippen LogP) is 2.14. The number of aromatic nitrogens is 2. The largest absolute Gasteiger partial charge is 0.471 e. The van der Waals surface area contributed by atoms with Crippen LogP contribution < -0.4 is 5.32 Å². The summed E-state index contributed by atoms with van der Waals surface area (Å²) in [5.41, 5.74) is 1.20. The fourth-order valence-corrected chi connectivity index (χ4v) is 1.46. The summed E-state index contributed by atoms with van der Waals surface area (Å²) < 4.78 is 37.9. The van der Waals surface area contributed by atoms with E-state index in [0.717, 1.165) is 0 Å². The van der Waals surface area contributed by atoms with Crippen LogP contribution in [0.4, 0.5) is 18.9 Å². The number of amides is 1. The van der Waals surface area contributed by atoms with Gasteiger partial charge in [-0.3, -0.25) is 4.79 Å². The van der Waals surface area contributed by atoms with E-state index in [9.17, 15) is 18.0 Å². The van der Waals surface area contributed by atoms with Gasteiger partial charge in [0.2, 0.25) is 0 Å². The maximum atomic E-state index is 12.1. The minimum atomic E-state index is -4.89. The molecular formula is C10H8F3N3O. The van der Waals surface area contributed by atoms with E-state index >= 15 is 0 Å². The van der Waals surface area contributed by atoms with Crippen LogP contribution in [0.3, 0.4) is 0 Å². The van der Waals surface area contributed by atoms with E-state index in [-0.39, 0.29) is 5.69 Å². The molecule has 1 N–H and O–H groups in total. The highest BCUT2D eigenvalue weighted by Gasteiger charge is 2.38. The van der Waals surface area contributed by atoms with E-state index in [1.165, 1.54) is 18.3 Å². The highest BCUT2D eigenvalue weighted by molar-refractivity contribution is 5.95. The first-order valence-electron chi connectivity index (χ1n) is 4.70. The number of anilines is 1. The van der Waals surface area contributed by atoms with Gasteiger partial charge in [0.15, 0.2) is 0 Å². The SMILES string of the molecule is Cc1c(NC(=O)C(F)(F)F)ccc2nccn12. The minimum absolute atomic E-state index is 0.109. The van der Waals surface area contributed by atoms with E-state index in [4.69, 9.17) is 0 Å². The molecule has 0 unspecified atom stereocenters. The molecular weight excluding hydrogens is 235 g/mol. The van der Waals surface area contributed by atoms with Gasteiger partial charge in [-0.2, -0.15) is 13.2 Å². The Kier molecular flexibility index (Phi) is 2.53. The van der Waals surface area contributed by atoms with E-state index in [0.29, 0.717) is 11.3 Å². The van der Waals surface area contributed by atoms with E-state index < -0.39 is 12.1 Å². The van der Waals surface area contributed by atoms with Crippen LogP contribution in [0.15, 0.2) is 24.5 Å². The van der Waals surface area contributed by atoms with Crippen molar-refractivity contribution in [1.82, 2.24) is 9.38 Å². The number of imidazole rings is 1. The fraction of sp³-hybridized carbons (Fsp3) is 0.200. The summed E-state index contributed by atoms with van der Waals surface area (Å²) in [6.45, 7) is 1.60. The zero-order valence-corrected chi connectivity index (χ0v) is 8.75. The number of hydrogen-bond acceptors (Lipinski definition) is 2. The molecule has 90 valence electrons. The van der Waals surface area contributed by atoms with Crippen LogP contribution in [-0.4, -0.2) is 21.5 Å². The molecule has 2 aromatic heterocycles. The quantitative estimate of drug-likeness (QED) is 0.834. The molecule has 0 radical (unpaired) electrons. The number of rotatable bonds is 1. The molecule has 0 aliphatic heterocycles. The van der Waals surface area contributed by atoms with Crippen molar-refractivity contribution in [1.29, 1.82) is 0 Å². The van der Waals surface area contributed by atoms with Gasteiger partial charge in [-0.1, -0.05) is 0 Å². The lowest BCUT2D eigenvalue weighted by atomic mass is 10.3. The summed E-state index contributed by atoms with van der Waals surface area (Å²) in [4.78, 5) is 14.8. The molecule has 0 bridgehead atoms. The highest BCUT2D eigenvalue weighted by Crippen LogP contribution is 2.21. The summed E-state index contributed by atoms with van der Waals surface area (Å²) in [5.74, 6) is -1.99. The normalized spacial score (nSPS) is 11.8. The first kappa shape index (κ1) is 11.4. The molecule has 0 saturated heterocycles. The van der Waals surface area contributed by atoms with Crippen LogP contribution >= 0.6 is 0 Å². The Balaban J connectivity index is 2.37. The van der Waals surface area contributed by atoms with Crippen LogP contribution in [0.25, 0.3) is 5.65 Å². The third-order valence-corrected chi connectivity index (χ3v) is 2.33. The smallest absolute Gasteiger partial charge is 0.317 e. The van der Waals surface area contributed by atoms with Gasteiger partial charge in [0.25, 0.3) is 0 Å². The molecule has 0 atom stereocenters. The Labute approximate surface area is 94.1 Å². The number of carbonyl (C=O) groups is 1. The first-order chi connectivity index (χ1) is 7.89. The lowest BCUT2D eigenvalue weighted by Crippen LogP contribution is -2.30. The zero-order chi connectivity index (χ0) is 12.6. The standard InChI is InChI=1S/C10H8F3N3O/c1-6-7(15-9(17)10(11,12)13)2-3-8-14-4-5-16(6)8/h2-5H,1H3,(H,15,17). The summed E-state index contributed by atoms with van der Waals surface area (Å²) in [5, 5.41) is 1.82. The molecule has 17 heavy (non-hydrogen) atoms. The number of fused-ring (bicyclic) bond motifs is 1. The van der Waals surface area contributed by atoms with Crippen molar-refractivity contribution >= 4 is 17.2 Å². The number of nitrogens with zero attached hydrogens (tertiary/aromatic N) is 2. The molecule has 2 aromatic rings. The number of pyridine rings is 1. The average Bonchev–Trinajstić information content (AvgIpc) is 2.69. The van der Waals surface area contributed by atoms with Crippen molar-refractivity contribution in [3.8, 4) is 0 Å². The summed E-state index contributed by atoms with van der Waals surface area (Å²) in [7, 11) is 0. The van der Waals surface area contributed by atoms with Crippen molar-refractivity contribution in [3.63, 3.8) is 0 Å². The first-order valence-corrected chi connectivity index (χ1v) is 4.70. The summed E-state index contributed by atoms with van der Waals surface area (Å²) in [6, 6.07) is 2.92. The molecule has 0 aliphatic carbocycles. The van der Waals surface area contributed by atoms with Gasteiger partial charge in [-0.25, -0.2) is 4.98 Å². The second kappa shape index (κ2) is 3.76. The lowest BCUT2D eigenvalue weighted by molar-refractivity contribution is -0.167. The van der Waals surface area contributed by atoms with Crippen molar-refractivity contribution in [2.45, 2.75) is 13.1 Å². The number of hydrogen-bond donors (Lipinski definition) is 1. The summed E-state index contributed by atoms with van der Waals surface area (Å²) >= 11 is 0. The minimum Gasteiger partial charge on any atom is -0.317 e. The Morgan fingerprint density at radius 3 is 2.76 bits per heavy atom. The number of alkyl halides is 3.